The first-order valence-corrected chi connectivity index (χ1v) is 6.71. The maximum Gasteiger partial charge on any atom is 0.145 e. The molecule has 0 amide bonds. The normalized spacial score (nSPS) is 12.2. The molecular weight excluding hydrogens is 277 g/mol. The first-order valence-electron chi connectivity index (χ1n) is 6.33. The Labute approximate surface area is 122 Å². The van der Waals surface area contributed by atoms with E-state index in [4.69, 9.17) is 17.3 Å². The van der Waals surface area contributed by atoms with E-state index in [-0.39, 0.29) is 29.7 Å². The van der Waals surface area contributed by atoms with Crippen molar-refractivity contribution in [2.45, 2.75) is 12.3 Å². The van der Waals surface area contributed by atoms with Crippen molar-refractivity contribution in [3.8, 4) is 0 Å². The third-order valence-corrected chi connectivity index (χ3v) is 3.50. The number of nitrogens with two attached hydrogens (primary N) is 1. The summed E-state index contributed by atoms with van der Waals surface area (Å²) in [6.07, 6.45) is 0.144. The van der Waals surface area contributed by atoms with E-state index in [1.807, 2.05) is 30.3 Å². The zero-order chi connectivity index (χ0) is 14.5. The van der Waals surface area contributed by atoms with Crippen LogP contribution in [0.2, 0.25) is 5.02 Å². The first kappa shape index (κ1) is 14.7. The van der Waals surface area contributed by atoms with Crippen LogP contribution in [0, 0.1) is 5.82 Å². The second-order valence-corrected chi connectivity index (χ2v) is 5.00. The monoisotopic (exact) mass is 291 g/mol. The van der Waals surface area contributed by atoms with Gasteiger partial charge in [0, 0.05) is 13.0 Å². The number of benzene rings is 2. The first-order chi connectivity index (χ1) is 9.61. The minimum absolute atomic E-state index is 0.0274. The summed E-state index contributed by atoms with van der Waals surface area (Å²) in [5, 5.41) is 0.0552. The molecule has 0 aromatic heterocycles. The number of ketones is 1. The zero-order valence-corrected chi connectivity index (χ0v) is 11.6. The number of hydrogen-bond acceptors (Lipinski definition) is 2. The Morgan fingerprint density at radius 2 is 1.90 bits per heavy atom. The fourth-order valence-corrected chi connectivity index (χ4v) is 2.23. The van der Waals surface area contributed by atoms with Crippen LogP contribution in [-0.2, 0) is 11.2 Å². The van der Waals surface area contributed by atoms with Crippen molar-refractivity contribution in [1.29, 1.82) is 0 Å². The van der Waals surface area contributed by atoms with Crippen LogP contribution in [0.1, 0.15) is 17.0 Å². The summed E-state index contributed by atoms with van der Waals surface area (Å²) in [5.41, 5.74) is 7.18. The van der Waals surface area contributed by atoms with Gasteiger partial charge in [-0.1, -0.05) is 48.0 Å². The minimum Gasteiger partial charge on any atom is -0.329 e. The van der Waals surface area contributed by atoms with Crippen LogP contribution < -0.4 is 5.73 Å². The molecule has 0 bridgehead atoms. The summed E-state index contributed by atoms with van der Waals surface area (Å²) in [7, 11) is 0. The lowest BCUT2D eigenvalue weighted by Gasteiger charge is -2.14. The summed E-state index contributed by atoms with van der Waals surface area (Å²) < 4.78 is 13.4. The number of halogens is 2. The number of Topliss-reactive ketones (excluding diaryl/α,β-unsaturated/α-hetero) is 1. The molecule has 2 aromatic rings. The quantitative estimate of drug-likeness (QED) is 0.918. The molecule has 20 heavy (non-hydrogen) atoms. The van der Waals surface area contributed by atoms with Gasteiger partial charge in [-0.2, -0.15) is 0 Å². The van der Waals surface area contributed by atoms with Gasteiger partial charge < -0.3 is 5.73 Å². The van der Waals surface area contributed by atoms with E-state index < -0.39 is 5.82 Å². The number of carbonyl (C=O) groups is 1. The second-order valence-electron chi connectivity index (χ2n) is 4.59. The van der Waals surface area contributed by atoms with E-state index in [0.717, 1.165) is 5.56 Å². The van der Waals surface area contributed by atoms with Crippen molar-refractivity contribution in [2.75, 3.05) is 6.54 Å². The van der Waals surface area contributed by atoms with Crippen molar-refractivity contribution in [2.24, 2.45) is 5.73 Å². The molecule has 2 rings (SSSR count). The highest BCUT2D eigenvalue weighted by Gasteiger charge is 2.19. The molecule has 0 spiro atoms. The van der Waals surface area contributed by atoms with Gasteiger partial charge in [0.2, 0.25) is 0 Å². The Balaban J connectivity index is 2.15. The fourth-order valence-electron chi connectivity index (χ4n) is 2.11. The van der Waals surface area contributed by atoms with Crippen LogP contribution in [0.25, 0.3) is 0 Å². The van der Waals surface area contributed by atoms with Crippen LogP contribution >= 0.6 is 11.6 Å². The molecule has 0 saturated carbocycles. The Bertz CT molecular complexity index is 601. The molecule has 2 N–H and O–H groups in total. The molecule has 0 aliphatic carbocycles. The van der Waals surface area contributed by atoms with Crippen molar-refractivity contribution in [3.05, 3.63) is 70.5 Å². The number of hydrogen-bond donors (Lipinski definition) is 1. The SMILES string of the molecule is NCC(C(=O)Cc1ccc(Cl)c(F)c1)c1ccccc1. The molecular formula is C16H15ClFNO. The molecule has 0 fully saturated rings. The van der Waals surface area contributed by atoms with E-state index in [1.165, 1.54) is 12.1 Å². The Kier molecular flexibility index (Phi) is 4.88. The largest absolute Gasteiger partial charge is 0.329 e. The van der Waals surface area contributed by atoms with E-state index in [0.29, 0.717) is 5.56 Å². The maximum atomic E-state index is 13.4. The van der Waals surface area contributed by atoms with Crippen molar-refractivity contribution < 1.29 is 9.18 Å². The molecule has 0 aliphatic heterocycles. The lowest BCUT2D eigenvalue weighted by molar-refractivity contribution is -0.119. The smallest absolute Gasteiger partial charge is 0.145 e. The van der Waals surface area contributed by atoms with Gasteiger partial charge in [-0.05, 0) is 23.3 Å². The molecule has 2 nitrogen and oxygen atoms in total. The van der Waals surface area contributed by atoms with Gasteiger partial charge >= 0.3 is 0 Å². The lowest BCUT2D eigenvalue weighted by Crippen LogP contribution is -2.23. The van der Waals surface area contributed by atoms with Crippen LogP contribution in [0.5, 0.6) is 0 Å². The Morgan fingerprint density at radius 3 is 2.50 bits per heavy atom. The lowest BCUT2D eigenvalue weighted by atomic mass is 9.91. The van der Waals surface area contributed by atoms with Gasteiger partial charge in [-0.25, -0.2) is 4.39 Å². The third kappa shape index (κ3) is 3.44. The van der Waals surface area contributed by atoms with Gasteiger partial charge in [0.05, 0.1) is 10.9 Å². The molecule has 1 unspecified atom stereocenters. The van der Waals surface area contributed by atoms with Gasteiger partial charge in [-0.3, -0.25) is 4.79 Å². The molecule has 0 aliphatic rings. The van der Waals surface area contributed by atoms with Gasteiger partial charge in [0.1, 0.15) is 11.6 Å². The van der Waals surface area contributed by atoms with E-state index in [2.05, 4.69) is 0 Å². The highest BCUT2D eigenvalue weighted by Crippen LogP contribution is 2.20. The van der Waals surface area contributed by atoms with Gasteiger partial charge in [0.15, 0.2) is 0 Å². The topological polar surface area (TPSA) is 43.1 Å². The van der Waals surface area contributed by atoms with Crippen LogP contribution in [-0.4, -0.2) is 12.3 Å². The second kappa shape index (κ2) is 6.64. The summed E-state index contributed by atoms with van der Waals surface area (Å²) in [5.74, 6) is -0.906. The molecule has 2 aromatic carbocycles. The molecule has 1 atom stereocenters. The van der Waals surface area contributed by atoms with E-state index in [1.54, 1.807) is 6.07 Å². The van der Waals surface area contributed by atoms with Crippen molar-refractivity contribution in [1.82, 2.24) is 0 Å². The zero-order valence-electron chi connectivity index (χ0n) is 10.9. The summed E-state index contributed by atoms with van der Waals surface area (Å²) in [6, 6.07) is 13.8. The van der Waals surface area contributed by atoms with Gasteiger partial charge in [-0.15, -0.1) is 0 Å². The van der Waals surface area contributed by atoms with E-state index in [9.17, 15) is 9.18 Å². The number of rotatable bonds is 5. The maximum absolute atomic E-state index is 13.4. The molecule has 0 radical (unpaired) electrons. The molecule has 4 heteroatoms. The molecule has 0 heterocycles. The standard InChI is InChI=1S/C16H15ClFNO/c17-14-7-6-11(8-15(14)18)9-16(20)13(10-19)12-4-2-1-3-5-12/h1-8,13H,9-10,19H2. The van der Waals surface area contributed by atoms with Crippen LogP contribution in [0.4, 0.5) is 4.39 Å². The highest BCUT2D eigenvalue weighted by atomic mass is 35.5. The van der Waals surface area contributed by atoms with Gasteiger partial charge in [0.25, 0.3) is 0 Å². The highest BCUT2D eigenvalue weighted by molar-refractivity contribution is 6.30. The average Bonchev–Trinajstić information content (AvgIpc) is 2.45. The van der Waals surface area contributed by atoms with E-state index >= 15 is 0 Å². The predicted octanol–water partition coefficient (Wildman–Crippen LogP) is 3.33. The minimum atomic E-state index is -0.513. The van der Waals surface area contributed by atoms with Crippen molar-refractivity contribution in [3.63, 3.8) is 0 Å². The third-order valence-electron chi connectivity index (χ3n) is 3.19. The Morgan fingerprint density at radius 1 is 1.20 bits per heavy atom. The van der Waals surface area contributed by atoms with Crippen LogP contribution in [0.3, 0.4) is 0 Å². The molecule has 0 saturated heterocycles. The summed E-state index contributed by atoms with van der Waals surface area (Å²) >= 11 is 5.62. The fraction of sp³-hybridized carbons (Fsp3) is 0.188. The predicted molar refractivity (Wildman–Crippen MR) is 78.4 cm³/mol. The Hall–Kier alpha value is -1.71. The average molecular weight is 292 g/mol. The molecule has 104 valence electrons. The van der Waals surface area contributed by atoms with Crippen molar-refractivity contribution >= 4 is 17.4 Å². The van der Waals surface area contributed by atoms with Crippen LogP contribution in [0.15, 0.2) is 48.5 Å². The summed E-state index contributed by atoms with van der Waals surface area (Å²) in [4.78, 5) is 12.3. The summed E-state index contributed by atoms with van der Waals surface area (Å²) in [6.45, 7) is 0.235. The number of carbonyl (C=O) groups excluding carboxylic acids is 1.